The molecule has 0 radical (unpaired) electrons. The molecule has 162 valence electrons. The Balaban J connectivity index is 1.58. The highest BCUT2D eigenvalue weighted by atomic mass is 19.1. The Labute approximate surface area is 173 Å². The van der Waals surface area contributed by atoms with E-state index in [9.17, 15) is 18.8 Å². The first-order valence-corrected chi connectivity index (χ1v) is 10.3. The van der Waals surface area contributed by atoms with E-state index in [2.05, 4.69) is 5.32 Å². The molecule has 0 spiro atoms. The minimum atomic E-state index is -1.28. The monoisotopic (exact) mass is 420 g/mol. The Morgan fingerprint density at radius 1 is 1.30 bits per heavy atom. The number of aliphatic carboxylic acids is 1. The van der Waals surface area contributed by atoms with Gasteiger partial charge in [0.15, 0.2) is 0 Å². The predicted octanol–water partition coefficient (Wildman–Crippen LogP) is 3.23. The molecule has 1 aromatic rings. The zero-order chi connectivity index (χ0) is 22.0. The lowest BCUT2D eigenvalue weighted by molar-refractivity contribution is -0.139. The summed E-state index contributed by atoms with van der Waals surface area (Å²) in [4.78, 5) is 37.7. The van der Waals surface area contributed by atoms with Gasteiger partial charge in [0.25, 0.3) is 0 Å². The van der Waals surface area contributed by atoms with E-state index in [-0.39, 0.29) is 23.6 Å². The van der Waals surface area contributed by atoms with Crippen LogP contribution >= 0.6 is 0 Å². The van der Waals surface area contributed by atoms with Crippen molar-refractivity contribution in [3.8, 4) is 0 Å². The number of nitrogens with one attached hydrogen (secondary N) is 1. The van der Waals surface area contributed by atoms with E-state index in [1.54, 1.807) is 20.8 Å². The van der Waals surface area contributed by atoms with Crippen LogP contribution in [0, 0.1) is 17.0 Å². The van der Waals surface area contributed by atoms with Gasteiger partial charge < -0.3 is 10.4 Å². The van der Waals surface area contributed by atoms with Crippen molar-refractivity contribution in [2.75, 3.05) is 11.4 Å². The molecule has 2 fully saturated rings. The summed E-state index contributed by atoms with van der Waals surface area (Å²) in [7, 11) is 0. The van der Waals surface area contributed by atoms with Crippen molar-refractivity contribution in [3.63, 3.8) is 0 Å². The average Bonchev–Trinajstić information content (AvgIpc) is 3.54. The van der Waals surface area contributed by atoms with Crippen LogP contribution in [0.15, 0.2) is 6.07 Å². The molecule has 0 aromatic heterocycles. The highest BCUT2D eigenvalue weighted by molar-refractivity contribution is 6.10. The smallest absolute Gasteiger partial charge is 0.303 e. The maximum atomic E-state index is 15.2. The summed E-state index contributed by atoms with van der Waals surface area (Å²) in [6.45, 7) is 4.38. The van der Waals surface area contributed by atoms with Gasteiger partial charge >= 0.3 is 5.97 Å². The fourth-order valence-electron chi connectivity index (χ4n) is 4.67. The zero-order valence-electron chi connectivity index (χ0n) is 17.3. The van der Waals surface area contributed by atoms with Crippen LogP contribution in [0.4, 0.5) is 14.5 Å². The summed E-state index contributed by atoms with van der Waals surface area (Å²) in [5.74, 6) is -3.25. The van der Waals surface area contributed by atoms with Gasteiger partial charge in [0.1, 0.15) is 18.2 Å². The van der Waals surface area contributed by atoms with Gasteiger partial charge in [0.05, 0.1) is 17.5 Å². The molecule has 4 rings (SSSR count). The molecule has 6 nitrogen and oxygen atoms in total. The molecular formula is C22H26F2N2O4. The van der Waals surface area contributed by atoms with Crippen LogP contribution in [-0.4, -0.2) is 35.5 Å². The molecule has 0 saturated heterocycles. The minimum Gasteiger partial charge on any atom is -0.481 e. The molecule has 0 bridgehead atoms. The van der Waals surface area contributed by atoms with Gasteiger partial charge in [0, 0.05) is 17.0 Å². The maximum Gasteiger partial charge on any atom is 0.303 e. The molecule has 1 heterocycles. The Morgan fingerprint density at radius 3 is 2.47 bits per heavy atom. The summed E-state index contributed by atoms with van der Waals surface area (Å²) in [5.41, 5.74) is -1.61. The van der Waals surface area contributed by atoms with Crippen molar-refractivity contribution in [2.24, 2.45) is 5.41 Å². The first kappa shape index (κ1) is 20.8. The highest BCUT2D eigenvalue weighted by Gasteiger charge is 2.51. The Bertz CT molecular complexity index is 951. The van der Waals surface area contributed by atoms with Crippen molar-refractivity contribution in [3.05, 3.63) is 28.8 Å². The lowest BCUT2D eigenvalue weighted by Gasteiger charge is -2.25. The lowest BCUT2D eigenvalue weighted by atomic mass is 9.84. The topological polar surface area (TPSA) is 86.7 Å². The molecule has 1 atom stereocenters. The van der Waals surface area contributed by atoms with Gasteiger partial charge in [-0.05, 0) is 64.0 Å². The average molecular weight is 420 g/mol. The van der Waals surface area contributed by atoms with E-state index in [0.29, 0.717) is 18.4 Å². The van der Waals surface area contributed by atoms with E-state index < -0.39 is 52.8 Å². The normalized spacial score (nSPS) is 21.9. The summed E-state index contributed by atoms with van der Waals surface area (Å²) < 4.78 is 30.2. The second kappa shape index (κ2) is 6.75. The number of carboxylic acids is 1. The fourth-order valence-corrected chi connectivity index (χ4v) is 4.67. The molecule has 0 unspecified atom stereocenters. The van der Waals surface area contributed by atoms with Crippen LogP contribution in [0.1, 0.15) is 69.9 Å². The Hall–Kier alpha value is -2.51. The van der Waals surface area contributed by atoms with Crippen molar-refractivity contribution >= 4 is 23.5 Å². The van der Waals surface area contributed by atoms with Crippen molar-refractivity contribution in [2.45, 2.75) is 70.3 Å². The molecule has 2 saturated carbocycles. The molecule has 2 aliphatic carbocycles. The van der Waals surface area contributed by atoms with Gasteiger partial charge in [-0.3, -0.25) is 19.3 Å². The quantitative estimate of drug-likeness (QED) is 0.709. The van der Waals surface area contributed by atoms with Crippen molar-refractivity contribution in [1.82, 2.24) is 5.32 Å². The van der Waals surface area contributed by atoms with Crippen molar-refractivity contribution in [1.29, 1.82) is 0 Å². The largest absolute Gasteiger partial charge is 0.481 e. The molecular weight excluding hydrogens is 394 g/mol. The number of carbonyl (C=O) groups is 3. The van der Waals surface area contributed by atoms with Crippen LogP contribution in [0.5, 0.6) is 0 Å². The Kier molecular flexibility index (Phi) is 4.67. The van der Waals surface area contributed by atoms with E-state index in [0.717, 1.165) is 23.8 Å². The summed E-state index contributed by atoms with van der Waals surface area (Å²) in [6, 6.07) is 0.755. The number of nitrogens with zero attached hydrogens (tertiary/aromatic N) is 1. The number of hydrogen-bond donors (Lipinski definition) is 2. The van der Waals surface area contributed by atoms with Gasteiger partial charge in [-0.1, -0.05) is 0 Å². The third kappa shape index (κ3) is 3.26. The number of amides is 2. The van der Waals surface area contributed by atoms with Gasteiger partial charge in [-0.25, -0.2) is 8.78 Å². The van der Waals surface area contributed by atoms with E-state index in [1.165, 1.54) is 0 Å². The van der Waals surface area contributed by atoms with Crippen LogP contribution < -0.4 is 10.2 Å². The SMILES string of the molecule is C[C@H](NC(=O)CN1C(=O)C(C)(C)c2c(F)c(C3CC3)cc(F)c21)C1(CC(=O)O)CC1. The fraction of sp³-hybridized carbons (Fsp3) is 0.591. The van der Waals surface area contributed by atoms with E-state index in [4.69, 9.17) is 5.11 Å². The summed E-state index contributed by atoms with van der Waals surface area (Å²) >= 11 is 0. The summed E-state index contributed by atoms with van der Waals surface area (Å²) in [6.07, 6.45) is 2.94. The summed E-state index contributed by atoms with van der Waals surface area (Å²) in [5, 5.41) is 11.8. The van der Waals surface area contributed by atoms with Crippen LogP contribution in [0.25, 0.3) is 0 Å². The standard InChI is InChI=1S/C22H26F2N2O4/c1-11(22(6-7-22)9-16(28)29)25-15(27)10-26-19-14(23)8-13(12-4-5-12)18(24)17(19)21(2,3)20(26)30/h8,11-12H,4-7,9-10H2,1-3H3,(H,25,27)(H,28,29)/t11-/m0/s1. The number of rotatable bonds is 7. The number of carbonyl (C=O) groups excluding carboxylic acids is 2. The first-order valence-electron chi connectivity index (χ1n) is 10.3. The second-order valence-corrected chi connectivity index (χ2v) is 9.50. The lowest BCUT2D eigenvalue weighted by Crippen LogP contribution is -2.47. The number of hydrogen-bond acceptors (Lipinski definition) is 3. The molecule has 30 heavy (non-hydrogen) atoms. The Morgan fingerprint density at radius 2 is 1.93 bits per heavy atom. The molecule has 2 N–H and O–H groups in total. The van der Waals surface area contributed by atoms with Gasteiger partial charge in [0.2, 0.25) is 11.8 Å². The van der Waals surface area contributed by atoms with E-state index in [1.807, 2.05) is 0 Å². The van der Waals surface area contributed by atoms with Gasteiger partial charge in [-0.2, -0.15) is 0 Å². The van der Waals surface area contributed by atoms with Gasteiger partial charge in [-0.15, -0.1) is 0 Å². The predicted molar refractivity (Wildman–Crippen MR) is 105 cm³/mol. The number of carboxylic acid groups (broad SMARTS) is 1. The molecule has 1 aliphatic heterocycles. The van der Waals surface area contributed by atoms with Crippen LogP contribution in [0.2, 0.25) is 0 Å². The third-order valence-electron chi connectivity index (χ3n) is 6.90. The number of halogens is 2. The number of anilines is 1. The van der Waals surface area contributed by atoms with Crippen LogP contribution in [-0.2, 0) is 19.8 Å². The van der Waals surface area contributed by atoms with Crippen LogP contribution in [0.3, 0.4) is 0 Å². The molecule has 2 amide bonds. The molecule has 3 aliphatic rings. The third-order valence-corrected chi connectivity index (χ3v) is 6.90. The second-order valence-electron chi connectivity index (χ2n) is 9.50. The number of fused-ring (bicyclic) bond motifs is 1. The highest BCUT2D eigenvalue weighted by Crippen LogP contribution is 2.52. The van der Waals surface area contributed by atoms with Crippen molar-refractivity contribution < 1.29 is 28.3 Å². The van der Waals surface area contributed by atoms with E-state index >= 15 is 4.39 Å². The number of benzene rings is 1. The zero-order valence-corrected chi connectivity index (χ0v) is 17.3. The maximum absolute atomic E-state index is 15.2. The first-order chi connectivity index (χ1) is 14.0. The molecule has 8 heteroatoms. The molecule has 1 aromatic carbocycles. The minimum absolute atomic E-state index is 0.0137.